The number of carbonyl (C=O) groups excluding carboxylic acids is 1. The van der Waals surface area contributed by atoms with E-state index in [1.807, 2.05) is 0 Å². The standard InChI is InChI=1S/C19H23FN4O.ClH/c20-14-7-1-2-9-17(14)24-16-10-4-6-13(16)18(23-24)19(25)22-15-8-3-5-12(15)11-21;/h1-2,7,9,12,15H,3-6,8,10-11,21H2,(H,22,25);1H. The predicted octanol–water partition coefficient (Wildman–Crippen LogP) is 2.78. The van der Waals surface area contributed by atoms with E-state index in [-0.39, 0.29) is 30.2 Å². The molecule has 26 heavy (non-hydrogen) atoms. The van der Waals surface area contributed by atoms with Crippen molar-refractivity contribution in [3.05, 3.63) is 47.0 Å². The highest BCUT2D eigenvalue weighted by molar-refractivity contribution is 5.94. The van der Waals surface area contributed by atoms with Crippen molar-refractivity contribution < 1.29 is 9.18 Å². The van der Waals surface area contributed by atoms with Crippen LogP contribution >= 0.6 is 12.4 Å². The monoisotopic (exact) mass is 378 g/mol. The molecule has 2 atom stereocenters. The normalized spacial score (nSPS) is 21.3. The number of aromatic nitrogens is 2. The van der Waals surface area contributed by atoms with E-state index in [1.54, 1.807) is 22.9 Å². The second-order valence-electron chi connectivity index (χ2n) is 7.00. The Balaban J connectivity index is 0.00000196. The smallest absolute Gasteiger partial charge is 0.272 e. The van der Waals surface area contributed by atoms with Gasteiger partial charge >= 0.3 is 0 Å². The molecule has 0 bridgehead atoms. The van der Waals surface area contributed by atoms with E-state index in [0.717, 1.165) is 49.8 Å². The maximum absolute atomic E-state index is 14.2. The van der Waals surface area contributed by atoms with Gasteiger partial charge in [-0.3, -0.25) is 4.79 Å². The van der Waals surface area contributed by atoms with Gasteiger partial charge in [0.2, 0.25) is 0 Å². The summed E-state index contributed by atoms with van der Waals surface area (Å²) in [6.07, 6.45) is 5.72. The third kappa shape index (κ3) is 3.23. The van der Waals surface area contributed by atoms with Crippen LogP contribution in [0.5, 0.6) is 0 Å². The van der Waals surface area contributed by atoms with Gasteiger partial charge in [-0.25, -0.2) is 9.07 Å². The minimum atomic E-state index is -0.328. The number of fused-ring (bicyclic) bond motifs is 1. The minimum Gasteiger partial charge on any atom is -0.348 e. The Morgan fingerprint density at radius 1 is 1.27 bits per heavy atom. The average molecular weight is 379 g/mol. The number of benzene rings is 1. The van der Waals surface area contributed by atoms with Gasteiger partial charge in [0.1, 0.15) is 11.5 Å². The fourth-order valence-corrected chi connectivity index (χ4v) is 4.19. The van der Waals surface area contributed by atoms with Crippen molar-refractivity contribution in [1.29, 1.82) is 0 Å². The van der Waals surface area contributed by atoms with Crippen LogP contribution in [0.25, 0.3) is 5.69 Å². The summed E-state index contributed by atoms with van der Waals surface area (Å²) in [4.78, 5) is 12.8. The van der Waals surface area contributed by atoms with Crippen LogP contribution in [0, 0.1) is 11.7 Å². The third-order valence-corrected chi connectivity index (χ3v) is 5.50. The van der Waals surface area contributed by atoms with E-state index in [1.165, 1.54) is 6.07 Å². The predicted molar refractivity (Wildman–Crippen MR) is 100 cm³/mol. The summed E-state index contributed by atoms with van der Waals surface area (Å²) in [5, 5.41) is 7.61. The van der Waals surface area contributed by atoms with E-state index in [0.29, 0.717) is 23.8 Å². The summed E-state index contributed by atoms with van der Waals surface area (Å²) in [7, 11) is 0. The quantitative estimate of drug-likeness (QED) is 0.859. The van der Waals surface area contributed by atoms with E-state index < -0.39 is 0 Å². The van der Waals surface area contributed by atoms with Gasteiger partial charge in [-0.15, -0.1) is 12.4 Å². The highest BCUT2D eigenvalue weighted by atomic mass is 35.5. The highest BCUT2D eigenvalue weighted by Gasteiger charge is 2.32. The lowest BCUT2D eigenvalue weighted by Crippen LogP contribution is -2.40. The topological polar surface area (TPSA) is 72.9 Å². The Labute approximate surface area is 158 Å². The first kappa shape index (κ1) is 18.9. The van der Waals surface area contributed by atoms with Gasteiger partial charge in [0.25, 0.3) is 5.91 Å². The zero-order chi connectivity index (χ0) is 17.4. The van der Waals surface area contributed by atoms with Crippen LogP contribution in [0.3, 0.4) is 0 Å². The maximum Gasteiger partial charge on any atom is 0.272 e. The molecule has 3 N–H and O–H groups in total. The molecule has 0 saturated heterocycles. The lowest BCUT2D eigenvalue weighted by atomic mass is 10.0. The van der Waals surface area contributed by atoms with Gasteiger partial charge in [0.05, 0.1) is 0 Å². The second-order valence-corrected chi connectivity index (χ2v) is 7.00. The van der Waals surface area contributed by atoms with Crippen molar-refractivity contribution in [2.24, 2.45) is 11.7 Å². The van der Waals surface area contributed by atoms with Gasteiger partial charge in [-0.2, -0.15) is 5.10 Å². The van der Waals surface area contributed by atoms with Crippen molar-refractivity contribution in [1.82, 2.24) is 15.1 Å². The third-order valence-electron chi connectivity index (χ3n) is 5.50. The first-order valence-corrected chi connectivity index (χ1v) is 9.05. The zero-order valence-electron chi connectivity index (χ0n) is 14.6. The van der Waals surface area contributed by atoms with Crippen LogP contribution in [0.4, 0.5) is 4.39 Å². The van der Waals surface area contributed by atoms with Gasteiger partial charge in [0, 0.05) is 17.3 Å². The second kappa shape index (κ2) is 7.76. The summed E-state index contributed by atoms with van der Waals surface area (Å²) in [6, 6.07) is 6.68. The van der Waals surface area contributed by atoms with E-state index in [2.05, 4.69) is 10.4 Å². The largest absolute Gasteiger partial charge is 0.348 e. The molecule has 7 heteroatoms. The number of rotatable bonds is 4. The minimum absolute atomic E-state index is 0. The lowest BCUT2D eigenvalue weighted by Gasteiger charge is -2.19. The van der Waals surface area contributed by atoms with Crippen LogP contribution in [-0.4, -0.2) is 28.3 Å². The number of carbonyl (C=O) groups is 1. The van der Waals surface area contributed by atoms with Gasteiger partial charge in [0.15, 0.2) is 5.69 Å². The Kier molecular flexibility index (Phi) is 5.63. The SMILES string of the molecule is Cl.NCC1CCCC1NC(=O)c1nn(-c2ccccc2F)c2c1CCC2. The first-order chi connectivity index (χ1) is 12.2. The van der Waals surface area contributed by atoms with Crippen LogP contribution < -0.4 is 11.1 Å². The molecule has 1 amide bonds. The summed E-state index contributed by atoms with van der Waals surface area (Å²) < 4.78 is 15.8. The number of amides is 1. The van der Waals surface area contributed by atoms with Gasteiger partial charge < -0.3 is 11.1 Å². The summed E-state index contributed by atoms with van der Waals surface area (Å²) in [6.45, 7) is 0.590. The Morgan fingerprint density at radius 3 is 2.85 bits per heavy atom. The lowest BCUT2D eigenvalue weighted by molar-refractivity contribution is 0.0922. The molecule has 2 aliphatic carbocycles. The molecule has 2 aromatic rings. The molecule has 0 radical (unpaired) electrons. The van der Waals surface area contributed by atoms with Crippen molar-refractivity contribution in [3.63, 3.8) is 0 Å². The molecule has 1 fully saturated rings. The van der Waals surface area contributed by atoms with Crippen LogP contribution in [0.2, 0.25) is 0 Å². The Bertz CT molecular complexity index is 807. The van der Waals surface area contributed by atoms with Crippen molar-refractivity contribution in [2.75, 3.05) is 6.54 Å². The maximum atomic E-state index is 14.2. The number of hydrogen-bond acceptors (Lipinski definition) is 3. The molecule has 1 aromatic carbocycles. The van der Waals surface area contributed by atoms with Crippen LogP contribution in [-0.2, 0) is 12.8 Å². The molecule has 0 spiro atoms. The van der Waals surface area contributed by atoms with Crippen LogP contribution in [0.15, 0.2) is 24.3 Å². The Morgan fingerprint density at radius 2 is 2.08 bits per heavy atom. The molecular weight excluding hydrogens is 355 g/mol. The van der Waals surface area contributed by atoms with Crippen molar-refractivity contribution in [3.8, 4) is 5.69 Å². The molecule has 5 nitrogen and oxygen atoms in total. The molecule has 1 aromatic heterocycles. The molecular formula is C19H24ClFN4O. The van der Waals surface area contributed by atoms with Gasteiger partial charge in [-0.1, -0.05) is 18.6 Å². The Hall–Kier alpha value is -1.92. The van der Waals surface area contributed by atoms with Gasteiger partial charge in [-0.05, 0) is 56.7 Å². The summed E-state index contributed by atoms with van der Waals surface area (Å²) >= 11 is 0. The van der Waals surface area contributed by atoms with Crippen molar-refractivity contribution >= 4 is 18.3 Å². The molecule has 2 aliphatic rings. The number of nitrogens with zero attached hydrogens (tertiary/aromatic N) is 2. The zero-order valence-corrected chi connectivity index (χ0v) is 15.4. The molecule has 4 rings (SSSR count). The van der Waals surface area contributed by atoms with E-state index >= 15 is 0 Å². The van der Waals surface area contributed by atoms with E-state index in [9.17, 15) is 9.18 Å². The highest BCUT2D eigenvalue weighted by Crippen LogP contribution is 2.30. The summed E-state index contributed by atoms with van der Waals surface area (Å²) in [5.74, 6) is -0.144. The number of nitrogens with two attached hydrogens (primary N) is 1. The van der Waals surface area contributed by atoms with Crippen LogP contribution in [0.1, 0.15) is 47.4 Å². The first-order valence-electron chi connectivity index (χ1n) is 9.05. The number of hydrogen-bond donors (Lipinski definition) is 2. The summed E-state index contributed by atoms with van der Waals surface area (Å²) in [5.41, 5.74) is 8.58. The van der Waals surface area contributed by atoms with E-state index in [4.69, 9.17) is 5.73 Å². The number of halogens is 2. The fourth-order valence-electron chi connectivity index (χ4n) is 4.19. The van der Waals surface area contributed by atoms with Crippen molar-refractivity contribution in [2.45, 2.75) is 44.6 Å². The fraction of sp³-hybridized carbons (Fsp3) is 0.474. The number of nitrogens with one attached hydrogen (secondary N) is 1. The molecule has 1 heterocycles. The number of para-hydroxylation sites is 1. The molecule has 140 valence electrons. The molecule has 0 aliphatic heterocycles. The molecule has 2 unspecified atom stereocenters. The molecule has 1 saturated carbocycles. The average Bonchev–Trinajstić information content (AvgIpc) is 3.31.